The quantitative estimate of drug-likeness (QED) is 0.507. The maximum absolute atomic E-state index is 2.59. The van der Waals surface area contributed by atoms with Gasteiger partial charge in [0.1, 0.15) is 0 Å². The number of rotatable bonds is 3. The average molecular weight is 390 g/mol. The molecule has 0 aromatic carbocycles. The van der Waals surface area contributed by atoms with Crippen molar-refractivity contribution in [1.29, 1.82) is 0 Å². The molecule has 2 bridgehead atoms. The summed E-state index contributed by atoms with van der Waals surface area (Å²) < 4.78 is 2.79. The molecule has 0 N–H and O–H groups in total. The van der Waals surface area contributed by atoms with E-state index < -0.39 is 0 Å². The first-order valence-corrected chi connectivity index (χ1v) is 8.04. The first kappa shape index (κ1) is 9.99. The zero-order valence-corrected chi connectivity index (χ0v) is 11.6. The van der Waals surface area contributed by atoms with E-state index in [2.05, 4.69) is 45.2 Å². The Kier molecular flexibility index (Phi) is 3.60. The second-order valence-corrected chi connectivity index (χ2v) is 6.25. The summed E-state index contributed by atoms with van der Waals surface area (Å²) in [6.07, 6.45) is 6.18. The molecule has 2 fully saturated rings. The highest BCUT2D eigenvalue weighted by Gasteiger charge is 2.46. The van der Waals surface area contributed by atoms with E-state index in [4.69, 9.17) is 0 Å². The Morgan fingerprint density at radius 1 is 1.17 bits per heavy atom. The van der Waals surface area contributed by atoms with Crippen LogP contribution in [-0.2, 0) is 0 Å². The summed E-state index contributed by atoms with van der Waals surface area (Å²) in [5.41, 5.74) is 0. The molecule has 0 aromatic heterocycles. The van der Waals surface area contributed by atoms with E-state index in [1.165, 1.54) is 15.3 Å². The third-order valence-electron chi connectivity index (χ3n) is 3.88. The maximum atomic E-state index is 2.59. The lowest BCUT2D eigenvalue weighted by molar-refractivity contribution is 0.346. The third kappa shape index (κ3) is 1.66. The molecule has 0 amide bonds. The van der Waals surface area contributed by atoms with Gasteiger partial charge in [0.15, 0.2) is 0 Å². The van der Waals surface area contributed by atoms with Gasteiger partial charge in [-0.25, -0.2) is 0 Å². The smallest absolute Gasteiger partial charge is 0.00265 e. The van der Waals surface area contributed by atoms with E-state index in [0.29, 0.717) is 0 Å². The molecule has 4 unspecified atom stereocenters. The van der Waals surface area contributed by atoms with Crippen molar-refractivity contribution in [2.45, 2.75) is 25.7 Å². The van der Waals surface area contributed by atoms with E-state index in [-0.39, 0.29) is 0 Å². The van der Waals surface area contributed by atoms with Crippen LogP contribution < -0.4 is 0 Å². The van der Waals surface area contributed by atoms with Gasteiger partial charge in [-0.3, -0.25) is 0 Å². The number of halogens is 2. The van der Waals surface area contributed by atoms with Gasteiger partial charge in [0, 0.05) is 4.43 Å². The van der Waals surface area contributed by atoms with Crippen molar-refractivity contribution in [2.24, 2.45) is 23.7 Å². The zero-order valence-electron chi connectivity index (χ0n) is 7.31. The molecule has 0 heterocycles. The van der Waals surface area contributed by atoms with Crippen LogP contribution in [0.4, 0.5) is 0 Å². The van der Waals surface area contributed by atoms with Gasteiger partial charge in [0.05, 0.1) is 0 Å². The van der Waals surface area contributed by atoms with Crippen molar-refractivity contribution in [3.8, 4) is 0 Å². The van der Waals surface area contributed by atoms with Gasteiger partial charge in [0.2, 0.25) is 0 Å². The van der Waals surface area contributed by atoms with Crippen LogP contribution in [-0.4, -0.2) is 8.86 Å². The molecule has 70 valence electrons. The van der Waals surface area contributed by atoms with Gasteiger partial charge < -0.3 is 0 Å². The molecule has 0 radical (unpaired) electrons. The van der Waals surface area contributed by atoms with Crippen molar-refractivity contribution in [2.75, 3.05) is 8.86 Å². The third-order valence-corrected chi connectivity index (χ3v) is 5.63. The van der Waals surface area contributed by atoms with Crippen molar-refractivity contribution in [3.63, 3.8) is 0 Å². The molecule has 0 spiro atoms. The van der Waals surface area contributed by atoms with Crippen LogP contribution in [0.2, 0.25) is 0 Å². The molecule has 2 aliphatic carbocycles. The number of fused-ring (bicyclic) bond motifs is 2. The van der Waals surface area contributed by atoms with E-state index in [1.807, 2.05) is 0 Å². The van der Waals surface area contributed by atoms with Gasteiger partial charge in [0.25, 0.3) is 0 Å². The topological polar surface area (TPSA) is 0 Å². The minimum absolute atomic E-state index is 1.09. The fourth-order valence-corrected chi connectivity index (χ4v) is 5.11. The van der Waals surface area contributed by atoms with Gasteiger partial charge in [-0.2, -0.15) is 0 Å². The maximum Gasteiger partial charge on any atom is 0.00265 e. The number of hydrogen-bond acceptors (Lipinski definition) is 0. The fourth-order valence-electron chi connectivity index (χ4n) is 3.38. The minimum atomic E-state index is 1.09. The molecular formula is C10H16I2. The van der Waals surface area contributed by atoms with Gasteiger partial charge in [-0.05, 0) is 53.8 Å². The van der Waals surface area contributed by atoms with Crippen molar-refractivity contribution in [1.82, 2.24) is 0 Å². The number of hydrogen-bond donors (Lipinski definition) is 0. The highest BCUT2D eigenvalue weighted by Crippen LogP contribution is 2.54. The summed E-state index contributed by atoms with van der Waals surface area (Å²) in [5, 5.41) is 0. The average Bonchev–Trinajstić information content (AvgIpc) is 2.63. The van der Waals surface area contributed by atoms with Gasteiger partial charge in [-0.1, -0.05) is 45.2 Å². The van der Waals surface area contributed by atoms with Crippen molar-refractivity contribution >= 4 is 45.2 Å². The standard InChI is InChI=1S/C10H16I2/c11-4-3-10-7-1-2-9(10)8(5-7)6-12/h7-10H,1-6H2. The lowest BCUT2D eigenvalue weighted by Gasteiger charge is -2.19. The first-order valence-electron chi connectivity index (χ1n) is 4.98. The minimum Gasteiger partial charge on any atom is -0.0864 e. The fraction of sp³-hybridized carbons (Fsp3) is 1.00. The molecule has 0 nitrogen and oxygen atoms in total. The molecular weight excluding hydrogens is 374 g/mol. The Balaban J connectivity index is 1.99. The molecule has 2 saturated carbocycles. The van der Waals surface area contributed by atoms with Crippen LogP contribution >= 0.6 is 45.2 Å². The second kappa shape index (κ2) is 4.32. The van der Waals surface area contributed by atoms with Crippen molar-refractivity contribution in [3.05, 3.63) is 0 Å². The Hall–Kier alpha value is 1.46. The molecule has 4 atom stereocenters. The molecule has 12 heavy (non-hydrogen) atoms. The van der Waals surface area contributed by atoms with Crippen molar-refractivity contribution < 1.29 is 0 Å². The summed E-state index contributed by atoms with van der Waals surface area (Å²) in [7, 11) is 0. The van der Waals surface area contributed by atoms with Crippen LogP contribution in [0.5, 0.6) is 0 Å². The predicted molar refractivity (Wildman–Crippen MR) is 70.2 cm³/mol. The van der Waals surface area contributed by atoms with Gasteiger partial charge in [-0.15, -0.1) is 0 Å². The summed E-state index contributed by atoms with van der Waals surface area (Å²) in [6, 6.07) is 0. The number of alkyl halides is 2. The summed E-state index contributed by atoms with van der Waals surface area (Å²) >= 11 is 5.13. The molecule has 0 aromatic rings. The van der Waals surface area contributed by atoms with E-state index >= 15 is 0 Å². The Bertz CT molecular complexity index is 158. The molecule has 2 heteroatoms. The summed E-state index contributed by atoms with van der Waals surface area (Å²) in [6.45, 7) is 0. The molecule has 2 rings (SSSR count). The van der Waals surface area contributed by atoms with E-state index in [0.717, 1.165) is 23.7 Å². The van der Waals surface area contributed by atoms with E-state index in [9.17, 15) is 0 Å². The monoisotopic (exact) mass is 390 g/mol. The molecule has 0 saturated heterocycles. The molecule has 2 aliphatic rings. The van der Waals surface area contributed by atoms with Crippen LogP contribution in [0.25, 0.3) is 0 Å². The first-order chi connectivity index (χ1) is 5.86. The van der Waals surface area contributed by atoms with Crippen LogP contribution in [0.3, 0.4) is 0 Å². The van der Waals surface area contributed by atoms with Crippen LogP contribution in [0, 0.1) is 23.7 Å². The second-order valence-electron chi connectivity index (χ2n) is 4.29. The van der Waals surface area contributed by atoms with Crippen LogP contribution in [0.1, 0.15) is 25.7 Å². The predicted octanol–water partition coefficient (Wildman–Crippen LogP) is 3.91. The van der Waals surface area contributed by atoms with E-state index in [1.54, 1.807) is 19.3 Å². The Morgan fingerprint density at radius 2 is 2.00 bits per heavy atom. The zero-order chi connectivity index (χ0) is 8.55. The summed E-state index contributed by atoms with van der Waals surface area (Å²) in [4.78, 5) is 0. The largest absolute Gasteiger partial charge is 0.0864 e. The lowest BCUT2D eigenvalue weighted by atomic mass is 9.89. The Morgan fingerprint density at radius 3 is 2.58 bits per heavy atom. The highest BCUT2D eigenvalue weighted by atomic mass is 127. The lowest BCUT2D eigenvalue weighted by Crippen LogP contribution is -2.13. The highest BCUT2D eigenvalue weighted by molar-refractivity contribution is 14.1. The van der Waals surface area contributed by atoms with Crippen LogP contribution in [0.15, 0.2) is 0 Å². The SMILES string of the molecule is ICCC1C2CCC1C(CI)C2. The molecule has 0 aliphatic heterocycles. The summed E-state index contributed by atoms with van der Waals surface area (Å²) in [5.74, 6) is 4.48. The van der Waals surface area contributed by atoms with Gasteiger partial charge >= 0.3 is 0 Å². The normalized spacial score (nSPS) is 45.5. The Labute approximate surface area is 103 Å².